The first-order valence-corrected chi connectivity index (χ1v) is 7.80. The summed E-state index contributed by atoms with van der Waals surface area (Å²) in [6.07, 6.45) is 1.60. The van der Waals surface area contributed by atoms with Crippen LogP contribution >= 0.6 is 12.2 Å². The number of phenols is 1. The quantitative estimate of drug-likeness (QED) is 0.425. The molecule has 0 saturated heterocycles. The highest BCUT2D eigenvalue weighted by Crippen LogP contribution is 2.25. The summed E-state index contributed by atoms with van der Waals surface area (Å²) >= 11 is 5.13. The third kappa shape index (κ3) is 3.66. The highest BCUT2D eigenvalue weighted by atomic mass is 32.1. The second kappa shape index (κ2) is 7.05. The van der Waals surface area contributed by atoms with Gasteiger partial charge in [0.2, 0.25) is 0 Å². The molecule has 8 heteroatoms. The Bertz CT molecular complexity index is 885. The number of nitrogens with one attached hydrogen (secondary N) is 3. The Balaban J connectivity index is 1.86. The zero-order valence-electron chi connectivity index (χ0n) is 12.9. The van der Waals surface area contributed by atoms with Crippen molar-refractivity contribution >= 4 is 45.8 Å². The molecule has 0 aliphatic heterocycles. The fourth-order valence-corrected chi connectivity index (χ4v) is 2.31. The molecule has 0 saturated carbocycles. The Morgan fingerprint density at radius 3 is 2.71 bits per heavy atom. The molecule has 2 heterocycles. The topological polar surface area (TPSA) is 95.0 Å². The van der Waals surface area contributed by atoms with Gasteiger partial charge < -0.3 is 21.1 Å². The first-order valence-electron chi connectivity index (χ1n) is 7.39. The molecule has 0 bridgehead atoms. The summed E-state index contributed by atoms with van der Waals surface area (Å²) in [6.45, 7) is 2.68. The molecule has 0 radical (unpaired) electrons. The van der Waals surface area contributed by atoms with Gasteiger partial charge >= 0.3 is 0 Å². The van der Waals surface area contributed by atoms with Gasteiger partial charge in [-0.05, 0) is 43.4 Å². The number of phenolic OH excluding ortho intramolecular Hbond substituents is 1. The number of fused-ring (bicyclic) bond motifs is 1. The largest absolute Gasteiger partial charge is 0.506 e. The summed E-state index contributed by atoms with van der Waals surface area (Å²) in [5.41, 5.74) is 1.71. The van der Waals surface area contributed by atoms with Crippen LogP contribution in [-0.2, 0) is 0 Å². The fourth-order valence-electron chi connectivity index (χ4n) is 2.07. The second-order valence-electron chi connectivity index (χ2n) is 4.92. The number of para-hydroxylation sites is 2. The lowest BCUT2D eigenvalue weighted by Gasteiger charge is -2.09. The molecule has 24 heavy (non-hydrogen) atoms. The van der Waals surface area contributed by atoms with Gasteiger partial charge in [0.25, 0.3) is 0 Å². The minimum Gasteiger partial charge on any atom is -0.506 e. The Kier molecular flexibility index (Phi) is 4.66. The van der Waals surface area contributed by atoms with Crippen molar-refractivity contribution in [3.63, 3.8) is 0 Å². The highest BCUT2D eigenvalue weighted by Gasteiger charge is 2.06. The highest BCUT2D eigenvalue weighted by molar-refractivity contribution is 7.80. The van der Waals surface area contributed by atoms with Gasteiger partial charge in [-0.3, -0.25) is 0 Å². The summed E-state index contributed by atoms with van der Waals surface area (Å²) in [4.78, 5) is 13.1. The molecule has 2 aromatic heterocycles. The van der Waals surface area contributed by atoms with E-state index in [4.69, 9.17) is 12.2 Å². The van der Waals surface area contributed by atoms with Gasteiger partial charge in [-0.1, -0.05) is 12.1 Å². The monoisotopic (exact) mass is 340 g/mol. The number of anilines is 3. The number of thiocarbonyl (C=S) groups is 1. The van der Waals surface area contributed by atoms with Gasteiger partial charge in [0.05, 0.1) is 11.9 Å². The molecule has 4 N–H and O–H groups in total. The van der Waals surface area contributed by atoms with E-state index in [2.05, 4.69) is 30.9 Å². The number of benzene rings is 1. The van der Waals surface area contributed by atoms with E-state index in [-0.39, 0.29) is 5.75 Å². The fraction of sp³-hybridized carbons (Fsp3) is 0.125. The molecule has 7 nitrogen and oxygen atoms in total. The maximum absolute atomic E-state index is 9.83. The number of aromatic hydroxyl groups is 1. The molecule has 0 aliphatic rings. The Hall–Kier alpha value is -3.00. The minimum absolute atomic E-state index is 0.150. The van der Waals surface area contributed by atoms with E-state index in [9.17, 15) is 5.11 Å². The number of hydrogen-bond acceptors (Lipinski definition) is 6. The van der Waals surface area contributed by atoms with Crippen LogP contribution in [0.2, 0.25) is 0 Å². The molecule has 0 atom stereocenters. The van der Waals surface area contributed by atoms with Crippen molar-refractivity contribution in [2.45, 2.75) is 6.92 Å². The number of pyridine rings is 1. The van der Waals surface area contributed by atoms with Crippen molar-refractivity contribution in [3.8, 4) is 5.75 Å². The Morgan fingerprint density at radius 2 is 1.92 bits per heavy atom. The molecule has 0 fully saturated rings. The van der Waals surface area contributed by atoms with Crippen LogP contribution in [0.25, 0.3) is 11.2 Å². The van der Waals surface area contributed by atoms with E-state index in [1.54, 1.807) is 30.5 Å². The van der Waals surface area contributed by atoms with Crippen molar-refractivity contribution in [1.29, 1.82) is 0 Å². The molecule has 0 spiro atoms. The molecule has 122 valence electrons. The first kappa shape index (κ1) is 15.9. The maximum Gasteiger partial charge on any atom is 0.182 e. The molecule has 0 amide bonds. The lowest BCUT2D eigenvalue weighted by Crippen LogP contribution is -2.28. The van der Waals surface area contributed by atoms with Gasteiger partial charge in [-0.15, -0.1) is 0 Å². The molecular weight excluding hydrogens is 324 g/mol. The zero-order valence-corrected chi connectivity index (χ0v) is 13.8. The van der Waals surface area contributed by atoms with Crippen LogP contribution in [-0.4, -0.2) is 31.7 Å². The van der Waals surface area contributed by atoms with E-state index >= 15 is 0 Å². The van der Waals surface area contributed by atoms with Crippen LogP contribution < -0.4 is 16.0 Å². The third-order valence-corrected chi connectivity index (χ3v) is 3.40. The average Bonchev–Trinajstić information content (AvgIpc) is 2.57. The number of nitrogens with zero attached hydrogens (tertiary/aromatic N) is 3. The van der Waals surface area contributed by atoms with E-state index in [1.807, 2.05) is 19.1 Å². The van der Waals surface area contributed by atoms with E-state index in [0.717, 1.165) is 6.54 Å². The molecule has 0 unspecified atom stereocenters. The molecule has 3 rings (SSSR count). The summed E-state index contributed by atoms with van der Waals surface area (Å²) in [5, 5.41) is 19.3. The number of rotatable bonds is 4. The van der Waals surface area contributed by atoms with Crippen LogP contribution in [0.5, 0.6) is 5.75 Å². The van der Waals surface area contributed by atoms with E-state index in [1.165, 1.54) is 0 Å². The average molecular weight is 340 g/mol. The van der Waals surface area contributed by atoms with Crippen LogP contribution in [0.3, 0.4) is 0 Å². The van der Waals surface area contributed by atoms with Crippen molar-refractivity contribution < 1.29 is 5.11 Å². The zero-order chi connectivity index (χ0) is 16.9. The molecule has 3 aromatic rings. The van der Waals surface area contributed by atoms with Crippen LogP contribution in [0.1, 0.15) is 6.92 Å². The summed E-state index contributed by atoms with van der Waals surface area (Å²) in [5.74, 6) is 1.22. The van der Waals surface area contributed by atoms with Crippen molar-refractivity contribution in [2.75, 3.05) is 17.2 Å². The standard InChI is InChI=1S/C16H16N6OS/c1-2-17-16(24)22-14-9-18-11-7-8-13(20-15(11)21-14)19-10-5-3-4-6-12(10)23/h3-9,23H,2H2,1H3,(H3,17,19,20,21,22,24). The molecular formula is C16H16N6OS. The van der Waals surface area contributed by atoms with Gasteiger partial charge in [-0.2, -0.15) is 0 Å². The predicted molar refractivity (Wildman–Crippen MR) is 98.6 cm³/mol. The van der Waals surface area contributed by atoms with Gasteiger partial charge in [0, 0.05) is 6.54 Å². The minimum atomic E-state index is 0.150. The van der Waals surface area contributed by atoms with Crippen LogP contribution in [0.15, 0.2) is 42.6 Å². The van der Waals surface area contributed by atoms with Crippen molar-refractivity contribution in [3.05, 3.63) is 42.6 Å². The summed E-state index contributed by atoms with van der Waals surface area (Å²) < 4.78 is 0. The van der Waals surface area contributed by atoms with Crippen LogP contribution in [0.4, 0.5) is 17.3 Å². The smallest absolute Gasteiger partial charge is 0.182 e. The van der Waals surface area contributed by atoms with Crippen molar-refractivity contribution in [2.24, 2.45) is 0 Å². The van der Waals surface area contributed by atoms with Crippen molar-refractivity contribution in [1.82, 2.24) is 20.3 Å². The van der Waals surface area contributed by atoms with E-state index in [0.29, 0.717) is 33.6 Å². The van der Waals surface area contributed by atoms with Gasteiger partial charge in [-0.25, -0.2) is 15.0 Å². The summed E-state index contributed by atoms with van der Waals surface area (Å²) in [6, 6.07) is 10.5. The predicted octanol–water partition coefficient (Wildman–Crippen LogP) is 2.78. The first-order chi connectivity index (χ1) is 11.7. The maximum atomic E-state index is 9.83. The summed E-state index contributed by atoms with van der Waals surface area (Å²) in [7, 11) is 0. The van der Waals surface area contributed by atoms with Gasteiger partial charge in [0.15, 0.2) is 16.6 Å². The molecule has 0 aliphatic carbocycles. The second-order valence-corrected chi connectivity index (χ2v) is 5.33. The van der Waals surface area contributed by atoms with Gasteiger partial charge in [0.1, 0.15) is 17.1 Å². The Labute approximate surface area is 144 Å². The normalized spacial score (nSPS) is 10.4. The van der Waals surface area contributed by atoms with E-state index < -0.39 is 0 Å². The Morgan fingerprint density at radius 1 is 1.12 bits per heavy atom. The SMILES string of the molecule is CCNC(=S)Nc1cnc2ccc(Nc3ccccc3O)nc2n1. The lowest BCUT2D eigenvalue weighted by molar-refractivity contribution is 0.477. The van der Waals surface area contributed by atoms with Crippen LogP contribution in [0, 0.1) is 0 Å². The molecule has 1 aromatic carbocycles. The third-order valence-electron chi connectivity index (χ3n) is 3.15. The lowest BCUT2D eigenvalue weighted by atomic mass is 10.3. The number of hydrogen-bond donors (Lipinski definition) is 4. The number of aromatic nitrogens is 3.